The number of nitrogens with zero attached hydrogens (tertiary/aromatic N) is 1. The predicted molar refractivity (Wildman–Crippen MR) is 85.8 cm³/mol. The minimum absolute atomic E-state index is 0.148. The smallest absolute Gasteiger partial charge is 0.251 e. The first-order chi connectivity index (χ1) is 11.5. The van der Waals surface area contributed by atoms with Crippen LogP contribution in [0.25, 0.3) is 0 Å². The molecule has 0 aliphatic carbocycles. The van der Waals surface area contributed by atoms with E-state index in [1.165, 1.54) is 17.0 Å². The summed E-state index contributed by atoms with van der Waals surface area (Å²) in [5.74, 6) is -0.883. The molecule has 24 heavy (non-hydrogen) atoms. The number of rotatable bonds is 7. The molecule has 1 N–H and O–H groups in total. The zero-order valence-corrected chi connectivity index (χ0v) is 14.0. The predicted octanol–water partition coefficient (Wildman–Crippen LogP) is 1.27. The lowest BCUT2D eigenvalue weighted by Gasteiger charge is -2.38. The first-order valence-electron chi connectivity index (χ1n) is 8.02. The zero-order chi connectivity index (χ0) is 17.5. The fourth-order valence-electron chi connectivity index (χ4n) is 2.62. The molecule has 2 atom stereocenters. The highest BCUT2D eigenvalue weighted by atomic mass is 19.1. The number of likely N-dealkylation sites (N-methyl/N-ethyl adjacent to an activating group) is 1. The Hall–Kier alpha value is -1.99. The Kier molecular flexibility index (Phi) is 6.69. The number of halogens is 1. The minimum atomic E-state index is -0.828. The number of ether oxygens (including phenoxy) is 2. The van der Waals surface area contributed by atoms with Crippen molar-refractivity contribution in [2.24, 2.45) is 0 Å². The molecule has 0 saturated carbocycles. The molecule has 0 spiro atoms. The van der Waals surface area contributed by atoms with Crippen LogP contribution >= 0.6 is 0 Å². The standard InChI is InChI=1S/C17H23FN2O4/c1-3-23-10-4-9-19-17(22)16-15(20(2)14(21)11-24-16)12-5-7-13(18)8-6-12/h5-8,15-16H,3-4,9-11H2,1-2H3,(H,19,22)/t15-,16+/m0/s1. The van der Waals surface area contributed by atoms with E-state index in [9.17, 15) is 14.0 Å². The molecule has 7 heteroatoms. The highest BCUT2D eigenvalue weighted by Gasteiger charge is 2.39. The number of hydrogen-bond acceptors (Lipinski definition) is 4. The van der Waals surface area contributed by atoms with Crippen molar-refractivity contribution in [1.29, 1.82) is 0 Å². The van der Waals surface area contributed by atoms with Crippen LogP contribution in [0.3, 0.4) is 0 Å². The number of amides is 2. The summed E-state index contributed by atoms with van der Waals surface area (Å²) in [6.07, 6.45) is -0.132. The summed E-state index contributed by atoms with van der Waals surface area (Å²) in [4.78, 5) is 25.8. The Labute approximate surface area is 140 Å². The van der Waals surface area contributed by atoms with Crippen LogP contribution in [0.1, 0.15) is 24.9 Å². The van der Waals surface area contributed by atoms with Crippen molar-refractivity contribution >= 4 is 11.8 Å². The molecule has 0 bridgehead atoms. The summed E-state index contributed by atoms with van der Waals surface area (Å²) in [5, 5.41) is 2.80. The van der Waals surface area contributed by atoms with Crippen molar-refractivity contribution < 1.29 is 23.5 Å². The van der Waals surface area contributed by atoms with Gasteiger partial charge in [0.25, 0.3) is 5.91 Å². The van der Waals surface area contributed by atoms with Crippen LogP contribution in [-0.4, -0.2) is 56.2 Å². The molecule has 1 aliphatic rings. The van der Waals surface area contributed by atoms with Gasteiger partial charge in [0.2, 0.25) is 5.91 Å². The number of nitrogens with one attached hydrogen (secondary N) is 1. The summed E-state index contributed by atoms with van der Waals surface area (Å²) < 4.78 is 23.8. The third kappa shape index (κ3) is 4.52. The Morgan fingerprint density at radius 2 is 2.12 bits per heavy atom. The molecule has 1 aliphatic heterocycles. The molecular weight excluding hydrogens is 315 g/mol. The van der Waals surface area contributed by atoms with Gasteiger partial charge in [-0.1, -0.05) is 12.1 Å². The molecule has 1 aromatic rings. The average Bonchev–Trinajstić information content (AvgIpc) is 2.58. The monoisotopic (exact) mass is 338 g/mol. The Bertz CT molecular complexity index is 564. The number of carbonyl (C=O) groups is 2. The fraction of sp³-hybridized carbons (Fsp3) is 0.529. The van der Waals surface area contributed by atoms with E-state index in [0.29, 0.717) is 31.7 Å². The lowest BCUT2D eigenvalue weighted by molar-refractivity contribution is -0.162. The normalized spacial score (nSPS) is 21.0. The van der Waals surface area contributed by atoms with Gasteiger partial charge in [0, 0.05) is 26.8 Å². The summed E-state index contributed by atoms with van der Waals surface area (Å²) >= 11 is 0. The molecule has 2 amide bonds. The summed E-state index contributed by atoms with van der Waals surface area (Å²) in [6, 6.07) is 5.15. The molecule has 1 saturated heterocycles. The second-order valence-corrected chi connectivity index (χ2v) is 5.57. The molecular formula is C17H23FN2O4. The van der Waals surface area contributed by atoms with Gasteiger partial charge in [0.15, 0.2) is 6.10 Å². The van der Waals surface area contributed by atoms with Crippen LogP contribution in [0.15, 0.2) is 24.3 Å². The van der Waals surface area contributed by atoms with Gasteiger partial charge >= 0.3 is 0 Å². The van der Waals surface area contributed by atoms with Gasteiger partial charge in [-0.2, -0.15) is 0 Å². The van der Waals surface area contributed by atoms with Crippen LogP contribution in [0, 0.1) is 5.82 Å². The number of morpholine rings is 1. The van der Waals surface area contributed by atoms with E-state index >= 15 is 0 Å². The number of hydrogen-bond donors (Lipinski definition) is 1. The molecule has 0 aromatic heterocycles. The molecule has 0 unspecified atom stereocenters. The van der Waals surface area contributed by atoms with E-state index < -0.39 is 12.1 Å². The first-order valence-corrected chi connectivity index (χ1v) is 8.02. The molecule has 0 radical (unpaired) electrons. The highest BCUT2D eigenvalue weighted by Crippen LogP contribution is 2.29. The van der Waals surface area contributed by atoms with Crippen LogP contribution in [0.4, 0.5) is 4.39 Å². The third-order valence-electron chi connectivity index (χ3n) is 3.92. The highest BCUT2D eigenvalue weighted by molar-refractivity contribution is 5.86. The molecule has 132 valence electrons. The van der Waals surface area contributed by atoms with Crippen LogP contribution < -0.4 is 5.32 Å². The van der Waals surface area contributed by atoms with Gasteiger partial charge in [-0.15, -0.1) is 0 Å². The Morgan fingerprint density at radius 3 is 2.79 bits per heavy atom. The number of benzene rings is 1. The zero-order valence-electron chi connectivity index (χ0n) is 14.0. The van der Waals surface area contributed by atoms with Crippen LogP contribution in [-0.2, 0) is 19.1 Å². The van der Waals surface area contributed by atoms with Crippen molar-refractivity contribution in [3.8, 4) is 0 Å². The summed E-state index contributed by atoms with van der Waals surface area (Å²) in [5.41, 5.74) is 0.654. The van der Waals surface area contributed by atoms with E-state index in [-0.39, 0.29) is 24.2 Å². The third-order valence-corrected chi connectivity index (χ3v) is 3.92. The SMILES string of the molecule is CCOCCCNC(=O)[C@@H]1OCC(=O)N(C)[C@H]1c1ccc(F)cc1. The van der Waals surface area contributed by atoms with Crippen molar-refractivity contribution in [3.05, 3.63) is 35.6 Å². The maximum atomic E-state index is 13.1. The van der Waals surface area contributed by atoms with Crippen molar-refractivity contribution in [1.82, 2.24) is 10.2 Å². The van der Waals surface area contributed by atoms with E-state index in [0.717, 1.165) is 0 Å². The minimum Gasteiger partial charge on any atom is -0.382 e. The topological polar surface area (TPSA) is 67.9 Å². The van der Waals surface area contributed by atoms with Gasteiger partial charge in [0.1, 0.15) is 12.4 Å². The molecule has 1 fully saturated rings. The van der Waals surface area contributed by atoms with Crippen LogP contribution in [0.2, 0.25) is 0 Å². The molecule has 2 rings (SSSR count). The maximum absolute atomic E-state index is 13.1. The van der Waals surface area contributed by atoms with Crippen molar-refractivity contribution in [2.45, 2.75) is 25.5 Å². The van der Waals surface area contributed by atoms with Crippen molar-refractivity contribution in [2.75, 3.05) is 33.4 Å². The van der Waals surface area contributed by atoms with E-state index in [2.05, 4.69) is 5.32 Å². The first kappa shape index (κ1) is 18.4. The Morgan fingerprint density at radius 1 is 1.42 bits per heavy atom. The second kappa shape index (κ2) is 8.75. The molecule has 1 heterocycles. The quantitative estimate of drug-likeness (QED) is 0.760. The van der Waals surface area contributed by atoms with Gasteiger partial charge in [0.05, 0.1) is 6.04 Å². The van der Waals surface area contributed by atoms with E-state index in [4.69, 9.17) is 9.47 Å². The fourth-order valence-corrected chi connectivity index (χ4v) is 2.62. The molecule has 1 aromatic carbocycles. The van der Waals surface area contributed by atoms with Gasteiger partial charge in [-0.25, -0.2) is 4.39 Å². The summed E-state index contributed by atoms with van der Waals surface area (Å²) in [6.45, 7) is 3.44. The largest absolute Gasteiger partial charge is 0.382 e. The number of carbonyl (C=O) groups excluding carboxylic acids is 2. The average molecular weight is 338 g/mol. The lowest BCUT2D eigenvalue weighted by Crippen LogP contribution is -2.53. The second-order valence-electron chi connectivity index (χ2n) is 5.57. The molecule has 6 nitrogen and oxygen atoms in total. The Balaban J connectivity index is 2.06. The lowest BCUT2D eigenvalue weighted by atomic mass is 9.97. The maximum Gasteiger partial charge on any atom is 0.251 e. The summed E-state index contributed by atoms with van der Waals surface area (Å²) in [7, 11) is 1.62. The van der Waals surface area contributed by atoms with Gasteiger partial charge in [-0.05, 0) is 31.0 Å². The van der Waals surface area contributed by atoms with Crippen LogP contribution in [0.5, 0.6) is 0 Å². The van der Waals surface area contributed by atoms with Crippen molar-refractivity contribution in [3.63, 3.8) is 0 Å². The van der Waals surface area contributed by atoms with E-state index in [1.54, 1.807) is 19.2 Å². The van der Waals surface area contributed by atoms with E-state index in [1.807, 2.05) is 6.92 Å². The van der Waals surface area contributed by atoms with Gasteiger partial charge in [-0.3, -0.25) is 9.59 Å². The van der Waals surface area contributed by atoms with Gasteiger partial charge < -0.3 is 19.7 Å².